The van der Waals surface area contributed by atoms with Crippen LogP contribution in [0.3, 0.4) is 0 Å². The highest BCUT2D eigenvalue weighted by atomic mass is 32.2. The summed E-state index contributed by atoms with van der Waals surface area (Å²) in [6.45, 7) is 5.84. The fourth-order valence-electron chi connectivity index (χ4n) is 2.42. The van der Waals surface area contributed by atoms with Crippen molar-refractivity contribution in [2.45, 2.75) is 23.9 Å². The maximum absolute atomic E-state index is 13.7. The van der Waals surface area contributed by atoms with Gasteiger partial charge in [-0.1, -0.05) is 17.8 Å². The van der Waals surface area contributed by atoms with Gasteiger partial charge in [0.1, 0.15) is 11.6 Å². The minimum Gasteiger partial charge on any atom is -0.323 e. The van der Waals surface area contributed by atoms with Crippen LogP contribution >= 0.6 is 11.8 Å². The van der Waals surface area contributed by atoms with Gasteiger partial charge in [-0.05, 0) is 31.2 Å². The van der Waals surface area contributed by atoms with E-state index in [0.717, 1.165) is 35.5 Å². The number of anilines is 1. The van der Waals surface area contributed by atoms with Crippen molar-refractivity contribution in [1.29, 1.82) is 0 Å². The van der Waals surface area contributed by atoms with Crippen LogP contribution in [0.5, 0.6) is 0 Å². The average Bonchev–Trinajstić information content (AvgIpc) is 3.08. The number of hydrogen-bond acceptors (Lipinski definition) is 5. The summed E-state index contributed by atoms with van der Waals surface area (Å²) in [6.07, 6.45) is 5.00. The van der Waals surface area contributed by atoms with Crippen LogP contribution < -0.4 is 5.32 Å². The number of carbonyl (C=O) groups is 1. The molecular formula is C19H17F2N5OS. The summed E-state index contributed by atoms with van der Waals surface area (Å²) in [5.74, 6) is -1.20. The van der Waals surface area contributed by atoms with Gasteiger partial charge in [0.25, 0.3) is 0 Å². The molecule has 0 spiro atoms. The molecule has 0 radical (unpaired) electrons. The second-order valence-corrected chi connectivity index (χ2v) is 7.12. The standard InChI is InChI=1S/C19H17F2N5OS/c1-3-10-26-17(13-6-8-22-9-7-13)24-25-19(26)28-12(2)18(27)23-16-11-14(20)4-5-15(16)21/h3-9,11-12H,1,10H2,2H3,(H,23,27)/t12-/m0/s1. The van der Waals surface area contributed by atoms with Gasteiger partial charge in [0, 0.05) is 30.6 Å². The molecule has 0 aliphatic heterocycles. The molecule has 1 amide bonds. The molecule has 1 aromatic carbocycles. The Morgan fingerprint density at radius 3 is 2.75 bits per heavy atom. The van der Waals surface area contributed by atoms with Gasteiger partial charge < -0.3 is 5.32 Å². The summed E-state index contributed by atoms with van der Waals surface area (Å²) >= 11 is 1.16. The van der Waals surface area contributed by atoms with Gasteiger partial charge in [-0.25, -0.2) is 8.78 Å². The molecule has 28 heavy (non-hydrogen) atoms. The third-order valence-electron chi connectivity index (χ3n) is 3.80. The van der Waals surface area contributed by atoms with Crippen molar-refractivity contribution < 1.29 is 13.6 Å². The number of pyridine rings is 1. The summed E-state index contributed by atoms with van der Waals surface area (Å²) in [6, 6.07) is 6.50. The highest BCUT2D eigenvalue weighted by Crippen LogP contribution is 2.27. The van der Waals surface area contributed by atoms with E-state index in [1.165, 1.54) is 0 Å². The number of allylic oxidation sites excluding steroid dienone is 1. The SMILES string of the molecule is C=CCn1c(S[C@@H](C)C(=O)Nc2cc(F)ccc2F)nnc1-c1ccncc1. The molecule has 0 bridgehead atoms. The number of nitrogens with zero attached hydrogens (tertiary/aromatic N) is 4. The summed E-state index contributed by atoms with van der Waals surface area (Å²) in [5.41, 5.74) is 0.623. The molecule has 1 N–H and O–H groups in total. The lowest BCUT2D eigenvalue weighted by Gasteiger charge is -2.13. The number of thioether (sulfide) groups is 1. The molecule has 2 aromatic heterocycles. The molecule has 9 heteroatoms. The second kappa shape index (κ2) is 8.75. The second-order valence-electron chi connectivity index (χ2n) is 5.81. The zero-order valence-electron chi connectivity index (χ0n) is 15.0. The Kier molecular flexibility index (Phi) is 6.15. The molecule has 0 saturated heterocycles. The van der Waals surface area contributed by atoms with E-state index in [0.29, 0.717) is 17.5 Å². The van der Waals surface area contributed by atoms with Gasteiger partial charge in [-0.3, -0.25) is 14.3 Å². The number of halogens is 2. The molecule has 2 heterocycles. The van der Waals surface area contributed by atoms with Crippen LogP contribution in [0.2, 0.25) is 0 Å². The first kappa shape index (κ1) is 19.7. The Morgan fingerprint density at radius 2 is 2.04 bits per heavy atom. The Bertz CT molecular complexity index is 993. The summed E-state index contributed by atoms with van der Waals surface area (Å²) in [4.78, 5) is 16.4. The van der Waals surface area contributed by atoms with Crippen LogP contribution in [0.25, 0.3) is 11.4 Å². The minimum absolute atomic E-state index is 0.206. The summed E-state index contributed by atoms with van der Waals surface area (Å²) < 4.78 is 28.9. The zero-order valence-corrected chi connectivity index (χ0v) is 15.8. The Labute approximate surface area is 164 Å². The van der Waals surface area contributed by atoms with E-state index in [4.69, 9.17) is 0 Å². The average molecular weight is 401 g/mol. The van der Waals surface area contributed by atoms with Gasteiger partial charge in [-0.15, -0.1) is 16.8 Å². The molecular weight excluding hydrogens is 384 g/mol. The minimum atomic E-state index is -0.707. The molecule has 6 nitrogen and oxygen atoms in total. The summed E-state index contributed by atoms with van der Waals surface area (Å²) in [5, 5.41) is 10.7. The first-order chi connectivity index (χ1) is 13.5. The Hall–Kier alpha value is -3.07. The molecule has 0 aliphatic carbocycles. The van der Waals surface area contributed by atoms with Crippen LogP contribution in [0.15, 0.2) is 60.5 Å². The molecule has 144 valence electrons. The molecule has 1 atom stereocenters. The largest absolute Gasteiger partial charge is 0.323 e. The maximum atomic E-state index is 13.7. The topological polar surface area (TPSA) is 72.7 Å². The molecule has 3 aromatic rings. The number of amides is 1. The van der Waals surface area contributed by atoms with Crippen LogP contribution in [0.1, 0.15) is 6.92 Å². The van der Waals surface area contributed by atoms with E-state index in [2.05, 4.69) is 27.1 Å². The van der Waals surface area contributed by atoms with Crippen LogP contribution in [-0.4, -0.2) is 30.9 Å². The fourth-order valence-corrected chi connectivity index (χ4v) is 3.28. The lowest BCUT2D eigenvalue weighted by Crippen LogP contribution is -2.23. The monoisotopic (exact) mass is 401 g/mol. The van der Waals surface area contributed by atoms with Gasteiger partial charge >= 0.3 is 0 Å². The van der Waals surface area contributed by atoms with E-state index < -0.39 is 22.8 Å². The predicted molar refractivity (Wildman–Crippen MR) is 104 cm³/mol. The number of rotatable bonds is 7. The van der Waals surface area contributed by atoms with Crippen molar-refractivity contribution in [3.05, 3.63) is 67.0 Å². The highest BCUT2D eigenvalue weighted by Gasteiger charge is 2.21. The predicted octanol–water partition coefficient (Wildman–Crippen LogP) is 3.92. The highest BCUT2D eigenvalue weighted by molar-refractivity contribution is 8.00. The van der Waals surface area contributed by atoms with Crippen molar-refractivity contribution in [3.8, 4) is 11.4 Å². The van der Waals surface area contributed by atoms with E-state index in [1.807, 2.05) is 4.57 Å². The number of carbonyl (C=O) groups excluding carboxylic acids is 1. The fraction of sp³-hybridized carbons (Fsp3) is 0.158. The van der Waals surface area contributed by atoms with Crippen molar-refractivity contribution in [2.24, 2.45) is 0 Å². The smallest absolute Gasteiger partial charge is 0.237 e. The van der Waals surface area contributed by atoms with Crippen LogP contribution in [0, 0.1) is 11.6 Å². The number of benzene rings is 1. The normalized spacial score (nSPS) is 11.8. The number of nitrogens with one attached hydrogen (secondary N) is 1. The van der Waals surface area contributed by atoms with Gasteiger partial charge in [0.05, 0.1) is 10.9 Å². The zero-order chi connectivity index (χ0) is 20.1. The molecule has 3 rings (SSSR count). The summed E-state index contributed by atoms with van der Waals surface area (Å²) in [7, 11) is 0. The van der Waals surface area contributed by atoms with Crippen molar-refractivity contribution >= 4 is 23.4 Å². The molecule has 0 saturated carbocycles. The van der Waals surface area contributed by atoms with E-state index in [-0.39, 0.29) is 5.69 Å². The number of hydrogen-bond donors (Lipinski definition) is 1. The van der Waals surface area contributed by atoms with Gasteiger partial charge in [-0.2, -0.15) is 0 Å². The van der Waals surface area contributed by atoms with Crippen molar-refractivity contribution in [1.82, 2.24) is 19.7 Å². The van der Waals surface area contributed by atoms with E-state index in [1.54, 1.807) is 37.5 Å². The first-order valence-electron chi connectivity index (χ1n) is 8.36. The number of aromatic nitrogens is 4. The van der Waals surface area contributed by atoms with Gasteiger partial charge in [0.2, 0.25) is 5.91 Å². The first-order valence-corrected chi connectivity index (χ1v) is 9.24. The van der Waals surface area contributed by atoms with Crippen molar-refractivity contribution in [3.63, 3.8) is 0 Å². The van der Waals surface area contributed by atoms with E-state index in [9.17, 15) is 13.6 Å². The Balaban J connectivity index is 1.79. The third kappa shape index (κ3) is 4.42. The van der Waals surface area contributed by atoms with Crippen molar-refractivity contribution in [2.75, 3.05) is 5.32 Å². The lowest BCUT2D eigenvalue weighted by molar-refractivity contribution is -0.115. The maximum Gasteiger partial charge on any atom is 0.237 e. The van der Waals surface area contributed by atoms with Gasteiger partial charge in [0.15, 0.2) is 11.0 Å². The van der Waals surface area contributed by atoms with Crippen LogP contribution in [-0.2, 0) is 11.3 Å². The van der Waals surface area contributed by atoms with Crippen LogP contribution in [0.4, 0.5) is 14.5 Å². The lowest BCUT2D eigenvalue weighted by atomic mass is 10.2. The molecule has 0 unspecified atom stereocenters. The molecule has 0 fully saturated rings. The molecule has 0 aliphatic rings. The quantitative estimate of drug-likeness (QED) is 0.480. The third-order valence-corrected chi connectivity index (χ3v) is 4.89. The Morgan fingerprint density at radius 1 is 1.29 bits per heavy atom. The van der Waals surface area contributed by atoms with E-state index >= 15 is 0 Å².